The maximum absolute atomic E-state index is 7.80. The number of anilines is 6. The van der Waals surface area contributed by atoms with Gasteiger partial charge in [0.15, 0.2) is 0 Å². The Labute approximate surface area is 435 Å². The lowest BCUT2D eigenvalue weighted by atomic mass is 9.35. The van der Waals surface area contributed by atoms with Crippen LogP contribution in [0.1, 0.15) is 238 Å². The minimum atomic E-state index is -0.101. The van der Waals surface area contributed by atoms with Gasteiger partial charge in [-0.15, -0.1) is 0 Å². The second-order valence-corrected chi connectivity index (χ2v) is 29.6. The predicted molar refractivity (Wildman–Crippen MR) is 310 cm³/mol. The largest absolute Gasteiger partial charge is 0.468 e. The molecule has 0 saturated carbocycles. The number of nitrogens with zero attached hydrogens (tertiary/aromatic N) is 2. The molecule has 376 valence electrons. The zero-order valence-electron chi connectivity index (χ0n) is 47.7. The summed E-state index contributed by atoms with van der Waals surface area (Å²) >= 11 is 0. The van der Waals surface area contributed by atoms with Gasteiger partial charge in [0, 0.05) is 33.8 Å². The number of benzene rings is 5. The van der Waals surface area contributed by atoms with Crippen LogP contribution in [0.15, 0.2) is 77.2 Å². The van der Waals surface area contributed by atoms with Gasteiger partial charge in [0.1, 0.15) is 5.58 Å². The molecule has 12 rings (SSSR count). The maximum atomic E-state index is 7.80. The van der Waals surface area contributed by atoms with E-state index in [2.05, 4.69) is 207 Å². The summed E-state index contributed by atoms with van der Waals surface area (Å²) in [6, 6.07) is 30.9. The summed E-state index contributed by atoms with van der Waals surface area (Å²) in [6.45, 7) is 44.4. The van der Waals surface area contributed by atoms with Gasteiger partial charge in [0.2, 0.25) is 0 Å². The van der Waals surface area contributed by atoms with Crippen molar-refractivity contribution in [3.05, 3.63) is 123 Å². The van der Waals surface area contributed by atoms with Gasteiger partial charge in [-0.3, -0.25) is 0 Å². The summed E-state index contributed by atoms with van der Waals surface area (Å²) in [6.07, 6.45) is 10.5. The molecule has 2 aliphatic heterocycles. The molecule has 0 bridgehead atoms. The third-order valence-corrected chi connectivity index (χ3v) is 21.0. The summed E-state index contributed by atoms with van der Waals surface area (Å²) in [7, 11) is 0. The van der Waals surface area contributed by atoms with Crippen molar-refractivity contribution in [3.63, 3.8) is 0 Å². The van der Waals surface area contributed by atoms with E-state index in [1.165, 1.54) is 152 Å². The van der Waals surface area contributed by atoms with Gasteiger partial charge < -0.3 is 14.2 Å². The quantitative estimate of drug-likeness (QED) is 0.164. The maximum Gasteiger partial charge on any atom is 0.297 e. The van der Waals surface area contributed by atoms with E-state index >= 15 is 0 Å². The molecule has 0 radical (unpaired) electrons. The Kier molecular flexibility index (Phi) is 10.1. The van der Waals surface area contributed by atoms with E-state index in [0.29, 0.717) is 5.92 Å². The third-order valence-electron chi connectivity index (χ3n) is 21.0. The van der Waals surface area contributed by atoms with Crippen molar-refractivity contribution < 1.29 is 4.42 Å². The third kappa shape index (κ3) is 6.80. The number of furan rings is 1. The fourth-order valence-electron chi connectivity index (χ4n) is 15.1. The number of hydrogen-bond donors (Lipinski definition) is 0. The van der Waals surface area contributed by atoms with Crippen LogP contribution in [0.25, 0.3) is 11.0 Å². The van der Waals surface area contributed by atoms with E-state index in [9.17, 15) is 0 Å². The van der Waals surface area contributed by atoms with Crippen LogP contribution in [0.5, 0.6) is 0 Å². The van der Waals surface area contributed by atoms with Crippen LogP contribution in [0.3, 0.4) is 0 Å². The second kappa shape index (κ2) is 15.0. The minimum Gasteiger partial charge on any atom is -0.468 e. The van der Waals surface area contributed by atoms with Crippen molar-refractivity contribution in [2.24, 2.45) is 0 Å². The molecule has 0 fully saturated rings. The minimum absolute atomic E-state index is 0.0347. The lowest BCUT2D eigenvalue weighted by Crippen LogP contribution is -2.61. The van der Waals surface area contributed by atoms with Gasteiger partial charge in [-0.25, -0.2) is 0 Å². The van der Waals surface area contributed by atoms with Crippen LogP contribution in [-0.2, 0) is 43.3 Å². The molecule has 1 atom stereocenters. The van der Waals surface area contributed by atoms with Crippen LogP contribution in [0.2, 0.25) is 0 Å². The van der Waals surface area contributed by atoms with E-state index < -0.39 is 0 Å². The van der Waals surface area contributed by atoms with Gasteiger partial charge >= 0.3 is 0 Å². The zero-order chi connectivity index (χ0) is 51.4. The fourth-order valence-corrected chi connectivity index (χ4v) is 15.1. The highest BCUT2D eigenvalue weighted by molar-refractivity contribution is 7.00. The van der Waals surface area contributed by atoms with Crippen molar-refractivity contribution >= 4 is 68.4 Å². The molecule has 4 aliphatic carbocycles. The van der Waals surface area contributed by atoms with Crippen molar-refractivity contribution in [1.29, 1.82) is 0 Å². The van der Waals surface area contributed by atoms with E-state index in [1.807, 2.05) is 0 Å². The predicted octanol–water partition coefficient (Wildman–Crippen LogP) is 17.4. The van der Waals surface area contributed by atoms with Crippen molar-refractivity contribution in [3.8, 4) is 0 Å². The first-order valence-electron chi connectivity index (χ1n) is 28.4. The molecule has 1 aromatic heterocycles. The first-order valence-corrected chi connectivity index (χ1v) is 28.4. The summed E-state index contributed by atoms with van der Waals surface area (Å²) in [5, 5.41) is 1.25. The number of fused-ring (bicyclic) bond motifs is 10. The number of rotatable bonds is 4. The van der Waals surface area contributed by atoms with Gasteiger partial charge in [-0.2, -0.15) is 0 Å². The Morgan fingerprint density at radius 3 is 1.31 bits per heavy atom. The van der Waals surface area contributed by atoms with Crippen LogP contribution in [0, 0.1) is 0 Å². The summed E-state index contributed by atoms with van der Waals surface area (Å²) in [5.74, 6) is 0.363. The molecule has 6 aromatic rings. The SMILES string of the molecule is CCC(C)c1cc2c3c(c1)N(c1ccc4c(c1)C(C)(C)CCC4(C)C)c1c(oc4cc5c(cc14)C(C)(C)CCC5(C)C)B3c1cc3c(cc1N2c1ccc2c(c1)C(C)(C)CCC2(C)C)C(C)(C)CCC3(C)C. The molecule has 0 spiro atoms. The Bertz CT molecular complexity index is 3290. The van der Waals surface area contributed by atoms with Crippen LogP contribution < -0.4 is 26.4 Å². The highest BCUT2D eigenvalue weighted by Gasteiger charge is 2.51. The molecule has 0 saturated heterocycles. The van der Waals surface area contributed by atoms with Crippen molar-refractivity contribution in [1.82, 2.24) is 0 Å². The molecular formula is C68H85BN2O. The fraction of sp³-hybridized carbons (Fsp3) is 0.529. The summed E-state index contributed by atoms with van der Waals surface area (Å²) in [4.78, 5) is 5.45. The highest BCUT2D eigenvalue weighted by Crippen LogP contribution is 2.56. The number of hydrogen-bond acceptors (Lipinski definition) is 3. The topological polar surface area (TPSA) is 19.6 Å². The monoisotopic (exact) mass is 957 g/mol. The average Bonchev–Trinajstić information content (AvgIpc) is 3.69. The second-order valence-electron chi connectivity index (χ2n) is 29.6. The molecular weight excluding hydrogens is 872 g/mol. The van der Waals surface area contributed by atoms with E-state index in [4.69, 9.17) is 4.42 Å². The standard InChI is InChI=1S/C68H85BN2O/c1-19-40(2)41-32-55-58-56(33-41)71(43-21-23-46-48(35-43)64(9,10)27-25-62(46,5)6)59-44-36-49-52(68(17,18)31-28-65(49,11)12)39-57(44)72-60(59)69(58)53-37-50-51(67(15,16)30-29-66(50,13)14)38-54(53)70(55)42-20-22-45-47(34-42)63(7,8)26-24-61(45,3)4/h20-23,32-40H,19,24-31H2,1-18H3. The smallest absolute Gasteiger partial charge is 0.297 e. The molecule has 1 unspecified atom stereocenters. The van der Waals surface area contributed by atoms with E-state index in [-0.39, 0.29) is 50.0 Å². The van der Waals surface area contributed by atoms with Gasteiger partial charge in [0.25, 0.3) is 6.71 Å². The molecule has 0 amide bonds. The Morgan fingerprint density at radius 2 is 0.833 bits per heavy atom. The molecule has 3 heterocycles. The van der Waals surface area contributed by atoms with Crippen LogP contribution >= 0.6 is 0 Å². The molecule has 0 N–H and O–H groups in total. The average molecular weight is 957 g/mol. The molecule has 4 heteroatoms. The Hall–Kier alpha value is -4.70. The summed E-state index contributed by atoms with van der Waals surface area (Å²) in [5.41, 5.74) is 26.4. The van der Waals surface area contributed by atoms with Crippen molar-refractivity contribution in [2.75, 3.05) is 9.80 Å². The Morgan fingerprint density at radius 1 is 0.444 bits per heavy atom. The van der Waals surface area contributed by atoms with Crippen LogP contribution in [-0.4, -0.2) is 6.71 Å². The lowest BCUT2D eigenvalue weighted by Gasteiger charge is -2.47. The van der Waals surface area contributed by atoms with Crippen molar-refractivity contribution in [2.45, 2.75) is 232 Å². The van der Waals surface area contributed by atoms with E-state index in [0.717, 1.165) is 17.7 Å². The normalized spacial score (nSPS) is 22.9. The lowest BCUT2D eigenvalue weighted by molar-refractivity contribution is 0.332. The molecule has 3 nitrogen and oxygen atoms in total. The van der Waals surface area contributed by atoms with Gasteiger partial charge in [-0.05, 0) is 223 Å². The first-order chi connectivity index (χ1) is 33.5. The molecule has 6 aliphatic rings. The Balaban J connectivity index is 1.24. The van der Waals surface area contributed by atoms with Gasteiger partial charge in [-0.1, -0.05) is 143 Å². The van der Waals surface area contributed by atoms with Gasteiger partial charge in [0.05, 0.1) is 11.3 Å². The molecule has 72 heavy (non-hydrogen) atoms. The first kappa shape index (κ1) is 48.3. The molecule has 5 aromatic carbocycles. The summed E-state index contributed by atoms with van der Waals surface area (Å²) < 4.78 is 7.80. The highest BCUT2D eigenvalue weighted by atomic mass is 16.3. The van der Waals surface area contributed by atoms with Crippen LogP contribution in [0.4, 0.5) is 34.1 Å². The van der Waals surface area contributed by atoms with E-state index in [1.54, 1.807) is 0 Å². The zero-order valence-corrected chi connectivity index (χ0v) is 47.7.